The van der Waals surface area contributed by atoms with E-state index < -0.39 is 0 Å². The van der Waals surface area contributed by atoms with Gasteiger partial charge in [-0.1, -0.05) is 0 Å². The molecule has 2 aliphatic rings. The molecular weight excluding hydrogens is 271 g/mol. The van der Waals surface area contributed by atoms with Crippen molar-refractivity contribution in [1.29, 1.82) is 0 Å². The maximum Gasteiger partial charge on any atom is 0.658 e. The summed E-state index contributed by atoms with van der Waals surface area (Å²) in [6, 6.07) is 11.1. The quantitative estimate of drug-likeness (QED) is 0.839. The van der Waals surface area contributed by atoms with Crippen LogP contribution in [0.4, 0.5) is 11.4 Å². The third kappa shape index (κ3) is 2.38. The number of hydrogen-bond donors (Lipinski definition) is 2. The number of nitrogens with one attached hydrogen (secondary N) is 2. The highest BCUT2D eigenvalue weighted by atomic mass is 16.6. The maximum absolute atomic E-state index is 5.46. The molecule has 2 aromatic carbocycles. The van der Waals surface area contributed by atoms with E-state index in [1.165, 1.54) is 7.69 Å². The van der Waals surface area contributed by atoms with Crippen LogP contribution in [0, 0.1) is 0 Å². The lowest BCUT2D eigenvalue weighted by Gasteiger charge is -2.08. The van der Waals surface area contributed by atoms with Crippen LogP contribution in [0.3, 0.4) is 0 Å². The summed E-state index contributed by atoms with van der Waals surface area (Å²) in [5, 5.41) is 6.20. The van der Waals surface area contributed by atoms with Crippen LogP contribution in [0.5, 0.6) is 23.0 Å². The van der Waals surface area contributed by atoms with Crippen molar-refractivity contribution in [3.05, 3.63) is 36.4 Å². The Balaban J connectivity index is 1.37. The summed E-state index contributed by atoms with van der Waals surface area (Å²) in [6.45, 7) is 0.979. The summed E-state index contributed by atoms with van der Waals surface area (Å²) in [5.41, 5.74) is 1.83. The van der Waals surface area contributed by atoms with Crippen molar-refractivity contribution in [3.63, 3.8) is 0 Å². The van der Waals surface area contributed by atoms with Gasteiger partial charge in [0.2, 0.25) is 0 Å². The van der Waals surface area contributed by atoms with Crippen molar-refractivity contribution in [1.82, 2.24) is 0 Å². The molecule has 0 aromatic heterocycles. The fourth-order valence-corrected chi connectivity index (χ4v) is 2.21. The van der Waals surface area contributed by atoms with Crippen LogP contribution in [0.15, 0.2) is 36.4 Å². The van der Waals surface area contributed by atoms with Crippen molar-refractivity contribution >= 4 is 19.1 Å². The third-order valence-corrected chi connectivity index (χ3v) is 3.25. The topological polar surface area (TPSA) is 61.0 Å². The molecule has 7 heteroatoms. The molecule has 0 unspecified atom stereocenters. The van der Waals surface area contributed by atoms with E-state index >= 15 is 0 Å². The fourth-order valence-electron chi connectivity index (χ4n) is 2.21. The second-order valence-electron chi connectivity index (χ2n) is 4.58. The Morgan fingerprint density at radius 1 is 0.810 bits per heavy atom. The molecule has 0 atom stereocenters. The first-order valence-corrected chi connectivity index (χ1v) is 6.55. The van der Waals surface area contributed by atoms with Gasteiger partial charge in [0, 0.05) is 12.1 Å². The molecule has 2 aliphatic heterocycles. The van der Waals surface area contributed by atoms with Gasteiger partial charge < -0.3 is 29.4 Å². The van der Waals surface area contributed by atoms with Crippen LogP contribution in [0.25, 0.3) is 0 Å². The van der Waals surface area contributed by atoms with Crippen molar-refractivity contribution < 1.29 is 18.8 Å². The lowest BCUT2D eigenvalue weighted by molar-refractivity contribution is 0.372. The molecular formula is C14H12BN2O4. The summed E-state index contributed by atoms with van der Waals surface area (Å²) < 4.78 is 21.6. The van der Waals surface area contributed by atoms with E-state index in [1.807, 2.05) is 36.4 Å². The van der Waals surface area contributed by atoms with E-state index in [4.69, 9.17) is 18.8 Å². The van der Waals surface area contributed by atoms with Crippen molar-refractivity contribution in [2.24, 2.45) is 0 Å². The number of fused-ring (bicyclic) bond motifs is 2. The van der Waals surface area contributed by atoms with Gasteiger partial charge in [-0.25, -0.2) is 0 Å². The van der Waals surface area contributed by atoms with Crippen LogP contribution >= 0.6 is 0 Å². The molecule has 2 heterocycles. The molecule has 4 rings (SSSR count). The lowest BCUT2D eigenvalue weighted by atomic mass is 10.2. The average Bonchev–Trinajstić information content (AvgIpc) is 3.14. The number of anilines is 2. The Morgan fingerprint density at radius 3 is 1.86 bits per heavy atom. The predicted octanol–water partition coefficient (Wildman–Crippen LogP) is 2.20. The first kappa shape index (κ1) is 12.1. The van der Waals surface area contributed by atoms with Crippen molar-refractivity contribution in [3.8, 4) is 23.0 Å². The molecule has 0 saturated heterocycles. The standard InChI is InChI=1S/C14H12BN2O4/c1-3-13-11(16-7-18-13)5-9(1)20-15-21-10-2-4-14-12(6-10)17-8-19-14/h1-6,16-17H,7-8H2. The van der Waals surface area contributed by atoms with Gasteiger partial charge in [-0.3, -0.25) is 0 Å². The van der Waals surface area contributed by atoms with Gasteiger partial charge in [-0.15, -0.1) is 0 Å². The highest BCUT2D eigenvalue weighted by Gasteiger charge is 2.14. The van der Waals surface area contributed by atoms with E-state index in [-0.39, 0.29) is 0 Å². The van der Waals surface area contributed by atoms with Crippen LogP contribution in [-0.2, 0) is 0 Å². The summed E-state index contributed by atoms with van der Waals surface area (Å²) in [7, 11) is 1.30. The normalized spacial score (nSPS) is 13.9. The molecule has 0 aliphatic carbocycles. The van der Waals surface area contributed by atoms with Gasteiger partial charge in [0.15, 0.2) is 13.5 Å². The van der Waals surface area contributed by atoms with Crippen molar-refractivity contribution in [2.45, 2.75) is 0 Å². The Bertz CT molecular complexity index is 623. The molecule has 0 fully saturated rings. The zero-order valence-electron chi connectivity index (χ0n) is 11.1. The van der Waals surface area contributed by atoms with Crippen molar-refractivity contribution in [2.75, 3.05) is 24.1 Å². The number of rotatable bonds is 4. The fraction of sp³-hybridized carbons (Fsp3) is 0.143. The molecule has 21 heavy (non-hydrogen) atoms. The minimum atomic E-state index is 0.489. The Labute approximate surface area is 122 Å². The van der Waals surface area contributed by atoms with E-state index in [9.17, 15) is 0 Å². The van der Waals surface area contributed by atoms with E-state index in [1.54, 1.807) is 0 Å². The van der Waals surface area contributed by atoms with Crippen LogP contribution in [-0.4, -0.2) is 21.1 Å². The average molecular weight is 283 g/mol. The zero-order chi connectivity index (χ0) is 14.1. The first-order valence-electron chi connectivity index (χ1n) is 6.55. The molecule has 0 spiro atoms. The van der Waals surface area contributed by atoms with Gasteiger partial charge in [-0.05, 0) is 24.3 Å². The molecule has 0 bridgehead atoms. The van der Waals surface area contributed by atoms with Gasteiger partial charge in [0.1, 0.15) is 23.0 Å². The lowest BCUT2D eigenvalue weighted by Crippen LogP contribution is -2.10. The van der Waals surface area contributed by atoms with Gasteiger partial charge in [0.05, 0.1) is 11.4 Å². The minimum absolute atomic E-state index is 0.489. The molecule has 1 radical (unpaired) electrons. The molecule has 2 aromatic rings. The molecule has 0 amide bonds. The highest BCUT2D eigenvalue weighted by Crippen LogP contribution is 2.33. The summed E-state index contributed by atoms with van der Waals surface area (Å²) in [5.74, 6) is 3.00. The maximum atomic E-state index is 5.46. The number of hydrogen-bond acceptors (Lipinski definition) is 6. The first-order chi connectivity index (χ1) is 10.4. The van der Waals surface area contributed by atoms with E-state index in [0.29, 0.717) is 25.0 Å². The third-order valence-electron chi connectivity index (χ3n) is 3.25. The SMILES string of the molecule is [B](Oc1ccc2c(c1)NCO2)Oc1ccc2c(c1)NCO2. The Hall–Kier alpha value is -2.70. The smallest absolute Gasteiger partial charge is 0.526 e. The van der Waals surface area contributed by atoms with E-state index in [2.05, 4.69) is 10.6 Å². The van der Waals surface area contributed by atoms with Gasteiger partial charge >= 0.3 is 7.69 Å². The molecule has 0 saturated carbocycles. The highest BCUT2D eigenvalue weighted by molar-refractivity contribution is 6.20. The summed E-state index contributed by atoms with van der Waals surface area (Å²) in [4.78, 5) is 0. The minimum Gasteiger partial charge on any atom is -0.526 e. The molecule has 105 valence electrons. The number of ether oxygens (including phenoxy) is 2. The van der Waals surface area contributed by atoms with E-state index in [0.717, 1.165) is 22.9 Å². The molecule has 6 nitrogen and oxygen atoms in total. The van der Waals surface area contributed by atoms with Crippen LogP contribution in [0.1, 0.15) is 0 Å². The Kier molecular flexibility index (Phi) is 2.88. The predicted molar refractivity (Wildman–Crippen MR) is 78.1 cm³/mol. The Morgan fingerprint density at radius 2 is 1.33 bits per heavy atom. The van der Waals surface area contributed by atoms with Gasteiger partial charge in [0.25, 0.3) is 0 Å². The summed E-state index contributed by atoms with van der Waals surface area (Å²) in [6.07, 6.45) is 0. The number of benzene rings is 2. The zero-order valence-corrected chi connectivity index (χ0v) is 11.1. The van der Waals surface area contributed by atoms with Crippen LogP contribution in [0.2, 0.25) is 0 Å². The monoisotopic (exact) mass is 283 g/mol. The van der Waals surface area contributed by atoms with Crippen LogP contribution < -0.4 is 29.4 Å². The largest absolute Gasteiger partial charge is 0.658 e. The molecule has 2 N–H and O–H groups in total. The second-order valence-corrected chi connectivity index (χ2v) is 4.58. The summed E-state index contributed by atoms with van der Waals surface area (Å²) >= 11 is 0. The van der Waals surface area contributed by atoms with Gasteiger partial charge in [-0.2, -0.15) is 0 Å². The second kappa shape index (κ2) is 5.01.